The van der Waals surface area contributed by atoms with Crippen LogP contribution in [0.3, 0.4) is 0 Å². The standard InChI is InChI=1S/C19H19N3O5/c1-11-8-15(26-2)16(27-3)9-13(11)20-17(23)10-22-14-7-5-4-6-12(14)18(24)21-19(22)25/h4-9H,10H2,1-3H3,(H,20,23)(H,21,24,25). The molecule has 1 amide bonds. The Morgan fingerprint density at radius 2 is 1.78 bits per heavy atom. The number of para-hydroxylation sites is 1. The lowest BCUT2D eigenvalue weighted by molar-refractivity contribution is -0.116. The second-order valence-corrected chi connectivity index (χ2v) is 5.93. The number of aromatic amines is 1. The van der Waals surface area contributed by atoms with Gasteiger partial charge in [-0.05, 0) is 30.7 Å². The third kappa shape index (κ3) is 3.55. The Morgan fingerprint density at radius 1 is 1.11 bits per heavy atom. The van der Waals surface area contributed by atoms with Gasteiger partial charge >= 0.3 is 5.69 Å². The molecule has 3 aromatic rings. The molecule has 27 heavy (non-hydrogen) atoms. The molecule has 2 aromatic carbocycles. The van der Waals surface area contributed by atoms with Crippen LogP contribution in [0.2, 0.25) is 0 Å². The van der Waals surface area contributed by atoms with Crippen LogP contribution < -0.4 is 26.0 Å². The van der Waals surface area contributed by atoms with Gasteiger partial charge in [0.1, 0.15) is 6.54 Å². The molecule has 1 aromatic heterocycles. The topological polar surface area (TPSA) is 102 Å². The van der Waals surface area contributed by atoms with E-state index in [0.717, 1.165) is 5.56 Å². The van der Waals surface area contributed by atoms with Gasteiger partial charge in [0, 0.05) is 11.8 Å². The van der Waals surface area contributed by atoms with Gasteiger partial charge in [0.2, 0.25) is 5.91 Å². The molecule has 0 saturated carbocycles. The fourth-order valence-electron chi connectivity index (χ4n) is 2.85. The second kappa shape index (κ2) is 7.36. The van der Waals surface area contributed by atoms with Gasteiger partial charge in [-0.1, -0.05) is 12.1 Å². The number of fused-ring (bicyclic) bond motifs is 1. The van der Waals surface area contributed by atoms with E-state index in [1.54, 1.807) is 36.4 Å². The average Bonchev–Trinajstić information content (AvgIpc) is 2.66. The number of amides is 1. The molecular weight excluding hydrogens is 350 g/mol. The van der Waals surface area contributed by atoms with Crippen molar-refractivity contribution in [3.8, 4) is 11.5 Å². The van der Waals surface area contributed by atoms with Gasteiger partial charge in [-0.25, -0.2) is 4.79 Å². The van der Waals surface area contributed by atoms with Crippen LogP contribution in [0.5, 0.6) is 11.5 Å². The Kier molecular flexibility index (Phi) is 4.98. The summed E-state index contributed by atoms with van der Waals surface area (Å²) in [6.07, 6.45) is 0. The highest BCUT2D eigenvalue weighted by Gasteiger charge is 2.14. The summed E-state index contributed by atoms with van der Waals surface area (Å²) >= 11 is 0. The van der Waals surface area contributed by atoms with Crippen LogP contribution in [0.15, 0.2) is 46.0 Å². The van der Waals surface area contributed by atoms with Crippen molar-refractivity contribution in [3.05, 3.63) is 62.8 Å². The van der Waals surface area contributed by atoms with Gasteiger partial charge in [0.15, 0.2) is 11.5 Å². The molecule has 1 heterocycles. The van der Waals surface area contributed by atoms with Crippen LogP contribution in [0, 0.1) is 6.92 Å². The van der Waals surface area contributed by atoms with Crippen molar-refractivity contribution in [1.29, 1.82) is 0 Å². The summed E-state index contributed by atoms with van der Waals surface area (Å²) < 4.78 is 11.7. The lowest BCUT2D eigenvalue weighted by Crippen LogP contribution is -2.34. The van der Waals surface area contributed by atoms with Crippen molar-refractivity contribution < 1.29 is 14.3 Å². The number of ether oxygens (including phenoxy) is 2. The summed E-state index contributed by atoms with van der Waals surface area (Å²) in [5.41, 5.74) is 0.588. The molecule has 0 aliphatic heterocycles. The lowest BCUT2D eigenvalue weighted by atomic mass is 10.1. The molecule has 0 atom stereocenters. The number of carbonyl (C=O) groups is 1. The van der Waals surface area contributed by atoms with Crippen molar-refractivity contribution in [2.45, 2.75) is 13.5 Å². The van der Waals surface area contributed by atoms with Gasteiger partial charge in [-0.15, -0.1) is 0 Å². The monoisotopic (exact) mass is 369 g/mol. The molecule has 0 radical (unpaired) electrons. The Labute approximate surface area is 154 Å². The van der Waals surface area contributed by atoms with Gasteiger partial charge in [0.25, 0.3) is 5.56 Å². The highest BCUT2D eigenvalue weighted by molar-refractivity contribution is 5.92. The zero-order chi connectivity index (χ0) is 19.6. The smallest absolute Gasteiger partial charge is 0.329 e. The zero-order valence-electron chi connectivity index (χ0n) is 15.2. The summed E-state index contributed by atoms with van der Waals surface area (Å²) in [6.45, 7) is 1.57. The molecule has 8 nitrogen and oxygen atoms in total. The maximum absolute atomic E-state index is 12.5. The Hall–Kier alpha value is -3.55. The SMILES string of the molecule is COc1cc(C)c(NC(=O)Cn2c(=O)[nH]c(=O)c3ccccc32)cc1OC. The third-order valence-corrected chi connectivity index (χ3v) is 4.21. The molecule has 0 fully saturated rings. The fourth-order valence-corrected chi connectivity index (χ4v) is 2.85. The van der Waals surface area contributed by atoms with Crippen LogP contribution in [0.25, 0.3) is 10.9 Å². The number of aromatic nitrogens is 2. The molecule has 0 aliphatic carbocycles. The van der Waals surface area contributed by atoms with Crippen molar-refractivity contribution in [1.82, 2.24) is 9.55 Å². The van der Waals surface area contributed by atoms with E-state index in [2.05, 4.69) is 10.3 Å². The van der Waals surface area contributed by atoms with Crippen LogP contribution in [0.1, 0.15) is 5.56 Å². The van der Waals surface area contributed by atoms with E-state index in [0.29, 0.717) is 28.1 Å². The quantitative estimate of drug-likeness (QED) is 0.712. The highest BCUT2D eigenvalue weighted by atomic mass is 16.5. The van der Waals surface area contributed by atoms with Crippen molar-refractivity contribution in [2.24, 2.45) is 0 Å². The van der Waals surface area contributed by atoms with E-state index in [4.69, 9.17) is 9.47 Å². The molecule has 2 N–H and O–H groups in total. The molecule has 140 valence electrons. The molecule has 0 saturated heterocycles. The predicted octanol–water partition coefficient (Wildman–Crippen LogP) is 1.65. The van der Waals surface area contributed by atoms with Gasteiger partial charge in [-0.3, -0.25) is 19.1 Å². The van der Waals surface area contributed by atoms with Crippen molar-refractivity contribution in [2.75, 3.05) is 19.5 Å². The third-order valence-electron chi connectivity index (χ3n) is 4.21. The number of aryl methyl sites for hydroxylation is 1. The van der Waals surface area contributed by atoms with E-state index < -0.39 is 17.2 Å². The predicted molar refractivity (Wildman–Crippen MR) is 102 cm³/mol. The lowest BCUT2D eigenvalue weighted by Gasteiger charge is -2.14. The van der Waals surface area contributed by atoms with Crippen LogP contribution in [-0.2, 0) is 11.3 Å². The molecule has 3 rings (SSSR count). The van der Waals surface area contributed by atoms with E-state index in [9.17, 15) is 14.4 Å². The van der Waals surface area contributed by atoms with E-state index in [1.165, 1.54) is 18.8 Å². The summed E-state index contributed by atoms with van der Waals surface area (Å²) in [5, 5.41) is 3.11. The van der Waals surface area contributed by atoms with Crippen LogP contribution in [-0.4, -0.2) is 29.7 Å². The van der Waals surface area contributed by atoms with Crippen molar-refractivity contribution >= 4 is 22.5 Å². The number of hydrogen-bond acceptors (Lipinski definition) is 5. The number of anilines is 1. The van der Waals surface area contributed by atoms with Gasteiger partial charge in [-0.2, -0.15) is 0 Å². The van der Waals surface area contributed by atoms with Crippen LogP contribution >= 0.6 is 0 Å². The first-order valence-corrected chi connectivity index (χ1v) is 8.19. The first-order valence-electron chi connectivity index (χ1n) is 8.19. The minimum absolute atomic E-state index is 0.246. The number of nitrogens with zero attached hydrogens (tertiary/aromatic N) is 1. The normalized spacial score (nSPS) is 10.6. The van der Waals surface area contributed by atoms with Gasteiger partial charge in [0.05, 0.1) is 25.1 Å². The molecular formula is C19H19N3O5. The number of rotatable bonds is 5. The van der Waals surface area contributed by atoms with E-state index in [1.807, 2.05) is 6.92 Å². The fraction of sp³-hybridized carbons (Fsp3) is 0.211. The Balaban J connectivity index is 1.93. The van der Waals surface area contributed by atoms with Crippen molar-refractivity contribution in [3.63, 3.8) is 0 Å². The molecule has 0 unspecified atom stereocenters. The highest BCUT2D eigenvalue weighted by Crippen LogP contribution is 2.32. The molecule has 0 spiro atoms. The van der Waals surface area contributed by atoms with Gasteiger partial charge < -0.3 is 14.8 Å². The number of hydrogen-bond donors (Lipinski definition) is 2. The maximum atomic E-state index is 12.5. The summed E-state index contributed by atoms with van der Waals surface area (Å²) in [7, 11) is 3.04. The minimum Gasteiger partial charge on any atom is -0.493 e. The van der Waals surface area contributed by atoms with Crippen LogP contribution in [0.4, 0.5) is 5.69 Å². The molecule has 0 bridgehead atoms. The zero-order valence-corrected chi connectivity index (χ0v) is 15.2. The summed E-state index contributed by atoms with van der Waals surface area (Å²) in [4.78, 5) is 38.9. The first kappa shape index (κ1) is 18.2. The summed E-state index contributed by atoms with van der Waals surface area (Å²) in [6, 6.07) is 10.0. The number of nitrogens with one attached hydrogen (secondary N) is 2. The number of benzene rings is 2. The number of H-pyrrole nitrogens is 1. The maximum Gasteiger partial charge on any atom is 0.329 e. The Morgan fingerprint density at radius 3 is 2.48 bits per heavy atom. The van der Waals surface area contributed by atoms with E-state index in [-0.39, 0.29) is 6.54 Å². The second-order valence-electron chi connectivity index (χ2n) is 5.93. The molecule has 8 heteroatoms. The first-order chi connectivity index (χ1) is 12.9. The summed E-state index contributed by atoms with van der Waals surface area (Å²) in [5.74, 6) is 0.616. The number of methoxy groups -OCH3 is 2. The largest absolute Gasteiger partial charge is 0.493 e. The van der Waals surface area contributed by atoms with E-state index >= 15 is 0 Å². The minimum atomic E-state index is -0.641. The number of carbonyl (C=O) groups excluding carboxylic acids is 1. The average molecular weight is 369 g/mol. The Bertz CT molecular complexity index is 1130. The molecule has 0 aliphatic rings.